The van der Waals surface area contributed by atoms with Gasteiger partial charge >= 0.3 is 0 Å². The van der Waals surface area contributed by atoms with Crippen molar-refractivity contribution in [1.29, 1.82) is 0 Å². The number of anilines is 1. The van der Waals surface area contributed by atoms with Crippen molar-refractivity contribution in [1.82, 2.24) is 9.78 Å². The molecule has 0 saturated heterocycles. The van der Waals surface area contributed by atoms with Crippen LogP contribution in [0.1, 0.15) is 5.56 Å². The monoisotopic (exact) mass is 355 g/mol. The number of halogens is 2. The van der Waals surface area contributed by atoms with Crippen LogP contribution in [-0.4, -0.2) is 9.78 Å². The molecule has 1 heterocycles. The van der Waals surface area contributed by atoms with Crippen LogP contribution in [0, 0.1) is 0 Å². The van der Waals surface area contributed by atoms with Crippen LogP contribution in [-0.2, 0) is 6.54 Å². The summed E-state index contributed by atoms with van der Waals surface area (Å²) in [7, 11) is 0. The smallest absolute Gasteiger partial charge is 0.0543 e. The van der Waals surface area contributed by atoms with Gasteiger partial charge in [-0.2, -0.15) is 5.10 Å². The second kappa shape index (κ2) is 5.51. The zero-order chi connectivity index (χ0) is 12.3. The second-order valence-corrected chi connectivity index (χ2v) is 5.26. The summed E-state index contributed by atoms with van der Waals surface area (Å²) in [6.07, 6.45) is 5.42. The van der Waals surface area contributed by atoms with E-state index in [4.69, 9.17) is 0 Å². The van der Waals surface area contributed by atoms with Gasteiger partial charge in [0.2, 0.25) is 0 Å². The highest BCUT2D eigenvalue weighted by molar-refractivity contribution is 9.11. The van der Waals surface area contributed by atoms with E-state index < -0.39 is 0 Å². The van der Waals surface area contributed by atoms with Crippen LogP contribution in [0.5, 0.6) is 0 Å². The van der Waals surface area contributed by atoms with Crippen molar-refractivity contribution in [3.05, 3.63) is 51.7 Å². The van der Waals surface area contributed by atoms with E-state index in [0.717, 1.165) is 26.7 Å². The van der Waals surface area contributed by atoms with Crippen molar-refractivity contribution in [2.75, 3.05) is 5.32 Å². The largest absolute Gasteiger partial charge is 0.380 e. The van der Waals surface area contributed by atoms with E-state index in [1.54, 1.807) is 10.9 Å². The molecule has 0 bridgehead atoms. The van der Waals surface area contributed by atoms with Gasteiger partial charge in [0.1, 0.15) is 0 Å². The molecule has 0 atom stereocenters. The molecule has 0 unspecified atom stereocenters. The van der Waals surface area contributed by atoms with Crippen molar-refractivity contribution < 1.29 is 0 Å². The first-order valence-electron chi connectivity index (χ1n) is 5.03. The predicted octanol–water partition coefficient (Wildman–Crippen LogP) is 4.12. The van der Waals surface area contributed by atoms with Gasteiger partial charge in [0.15, 0.2) is 0 Å². The lowest BCUT2D eigenvalue weighted by Gasteiger charge is -2.07. The van der Waals surface area contributed by atoms with Gasteiger partial charge in [-0.1, -0.05) is 22.5 Å². The van der Waals surface area contributed by atoms with Crippen LogP contribution >= 0.6 is 31.9 Å². The zero-order valence-corrected chi connectivity index (χ0v) is 12.2. The van der Waals surface area contributed by atoms with Gasteiger partial charge in [0.25, 0.3) is 0 Å². The van der Waals surface area contributed by atoms with Gasteiger partial charge in [-0.15, -0.1) is 0 Å². The summed E-state index contributed by atoms with van der Waals surface area (Å²) in [6.45, 7) is 4.38. The zero-order valence-electron chi connectivity index (χ0n) is 9.03. The average molecular weight is 357 g/mol. The molecule has 0 amide bonds. The molecule has 1 aromatic heterocycles. The van der Waals surface area contributed by atoms with E-state index in [9.17, 15) is 0 Å². The fourth-order valence-corrected chi connectivity index (χ4v) is 2.15. The molecule has 0 spiro atoms. The summed E-state index contributed by atoms with van der Waals surface area (Å²) in [5, 5.41) is 7.47. The molecule has 0 radical (unpaired) electrons. The highest BCUT2D eigenvalue weighted by Crippen LogP contribution is 2.26. The van der Waals surface area contributed by atoms with Crippen LogP contribution in [0.4, 0.5) is 5.69 Å². The Kier molecular flexibility index (Phi) is 4.02. The fraction of sp³-hybridized carbons (Fsp3) is 0.0833. The van der Waals surface area contributed by atoms with Crippen molar-refractivity contribution in [3.8, 4) is 0 Å². The standard InChI is InChI=1S/C12H11Br2N3/c1-2-17-8-9(7-16-17)6-15-12-5-10(13)3-4-11(12)14/h2-5,7-8,15H,1,6H2. The van der Waals surface area contributed by atoms with E-state index in [2.05, 4.69) is 48.9 Å². The lowest BCUT2D eigenvalue weighted by molar-refractivity contribution is 0.936. The topological polar surface area (TPSA) is 29.9 Å². The molecule has 0 aliphatic carbocycles. The maximum Gasteiger partial charge on any atom is 0.0543 e. The Balaban J connectivity index is 2.06. The fourth-order valence-electron chi connectivity index (χ4n) is 1.40. The molecular formula is C12H11Br2N3. The highest BCUT2D eigenvalue weighted by Gasteiger charge is 2.01. The van der Waals surface area contributed by atoms with Gasteiger partial charge in [-0.05, 0) is 34.1 Å². The SMILES string of the molecule is C=Cn1cc(CNc2cc(Br)ccc2Br)cn1. The van der Waals surface area contributed by atoms with Crippen molar-refractivity contribution in [3.63, 3.8) is 0 Å². The van der Waals surface area contributed by atoms with Gasteiger partial charge in [-0.25, -0.2) is 4.68 Å². The Morgan fingerprint density at radius 1 is 1.41 bits per heavy atom. The molecule has 0 saturated carbocycles. The summed E-state index contributed by atoms with van der Waals surface area (Å²) >= 11 is 6.95. The molecule has 1 N–H and O–H groups in total. The lowest BCUT2D eigenvalue weighted by Crippen LogP contribution is -1.99. The maximum absolute atomic E-state index is 4.12. The molecule has 2 rings (SSSR count). The van der Waals surface area contributed by atoms with Crippen molar-refractivity contribution in [2.45, 2.75) is 6.54 Å². The number of hydrogen-bond donors (Lipinski definition) is 1. The number of nitrogens with zero attached hydrogens (tertiary/aromatic N) is 2. The Morgan fingerprint density at radius 3 is 2.94 bits per heavy atom. The van der Waals surface area contributed by atoms with E-state index >= 15 is 0 Å². The third-order valence-corrected chi connectivity index (χ3v) is 3.44. The third-order valence-electron chi connectivity index (χ3n) is 2.25. The molecule has 88 valence electrons. The molecular weight excluding hydrogens is 346 g/mol. The second-order valence-electron chi connectivity index (χ2n) is 3.49. The highest BCUT2D eigenvalue weighted by atomic mass is 79.9. The summed E-state index contributed by atoms with van der Waals surface area (Å²) in [5.74, 6) is 0. The summed E-state index contributed by atoms with van der Waals surface area (Å²) in [4.78, 5) is 0. The van der Waals surface area contributed by atoms with Crippen LogP contribution in [0.2, 0.25) is 0 Å². The minimum Gasteiger partial charge on any atom is -0.380 e. The quantitative estimate of drug-likeness (QED) is 0.892. The Morgan fingerprint density at radius 2 is 2.24 bits per heavy atom. The van der Waals surface area contributed by atoms with Gasteiger partial charge < -0.3 is 5.32 Å². The van der Waals surface area contributed by atoms with E-state index in [0.29, 0.717) is 0 Å². The van der Waals surface area contributed by atoms with Crippen molar-refractivity contribution in [2.24, 2.45) is 0 Å². The van der Waals surface area contributed by atoms with E-state index in [-0.39, 0.29) is 0 Å². The minimum atomic E-state index is 0.725. The van der Waals surface area contributed by atoms with Crippen LogP contribution in [0.15, 0.2) is 46.1 Å². The molecule has 3 nitrogen and oxygen atoms in total. The molecule has 2 aromatic rings. The Bertz CT molecular complexity index is 534. The van der Waals surface area contributed by atoms with E-state index in [1.165, 1.54) is 0 Å². The van der Waals surface area contributed by atoms with Crippen LogP contribution in [0.25, 0.3) is 6.20 Å². The molecule has 0 aliphatic rings. The number of hydrogen-bond acceptors (Lipinski definition) is 2. The van der Waals surface area contributed by atoms with Gasteiger partial charge in [0.05, 0.1) is 6.20 Å². The summed E-state index contributed by atoms with van der Waals surface area (Å²) in [6, 6.07) is 6.02. The third kappa shape index (κ3) is 3.20. The minimum absolute atomic E-state index is 0.725. The van der Waals surface area contributed by atoms with Crippen LogP contribution in [0.3, 0.4) is 0 Å². The van der Waals surface area contributed by atoms with E-state index in [1.807, 2.05) is 30.6 Å². The predicted molar refractivity (Wildman–Crippen MR) is 77.8 cm³/mol. The Hall–Kier alpha value is -1.07. The number of nitrogens with one attached hydrogen (secondary N) is 1. The summed E-state index contributed by atoms with van der Waals surface area (Å²) in [5.41, 5.74) is 2.16. The van der Waals surface area contributed by atoms with Crippen LogP contribution < -0.4 is 5.32 Å². The Labute approximate surface area is 117 Å². The molecule has 0 aliphatic heterocycles. The normalized spacial score (nSPS) is 10.2. The first kappa shape index (κ1) is 12.4. The molecule has 5 heteroatoms. The first-order valence-corrected chi connectivity index (χ1v) is 6.62. The number of aromatic nitrogens is 2. The molecule has 1 aromatic carbocycles. The molecule has 0 fully saturated rings. The number of benzene rings is 1. The first-order chi connectivity index (χ1) is 8.19. The lowest BCUT2D eigenvalue weighted by atomic mass is 10.3. The van der Waals surface area contributed by atoms with Crippen molar-refractivity contribution >= 4 is 43.7 Å². The van der Waals surface area contributed by atoms with Gasteiger partial charge in [-0.3, -0.25) is 0 Å². The molecule has 17 heavy (non-hydrogen) atoms. The maximum atomic E-state index is 4.12. The summed E-state index contributed by atoms with van der Waals surface area (Å²) < 4.78 is 3.77. The number of rotatable bonds is 4. The average Bonchev–Trinajstić information content (AvgIpc) is 2.78. The van der Waals surface area contributed by atoms with Gasteiger partial charge in [0, 0.05) is 39.1 Å².